The first-order valence-electron chi connectivity index (χ1n) is 4.09. The molecule has 0 aliphatic rings. The molecule has 0 amide bonds. The Balaban J connectivity index is 1.96. The summed E-state index contributed by atoms with van der Waals surface area (Å²) in [6.45, 7) is 2.64. The van der Waals surface area contributed by atoms with Crippen LogP contribution in [0.4, 0.5) is 0 Å². The van der Waals surface area contributed by atoms with Gasteiger partial charge in [0.1, 0.15) is 0 Å². The number of aromatic nitrogens is 3. The molecule has 0 aliphatic heterocycles. The molecule has 0 radical (unpaired) electrons. The van der Waals surface area contributed by atoms with Crippen LogP contribution in [0.2, 0.25) is 0 Å². The second-order valence-corrected chi connectivity index (χ2v) is 2.49. The molecule has 1 rings (SSSR count). The van der Waals surface area contributed by atoms with Gasteiger partial charge in [0.2, 0.25) is 0 Å². The highest BCUT2D eigenvalue weighted by molar-refractivity contribution is 4.63. The molecule has 0 saturated heterocycles. The van der Waals surface area contributed by atoms with E-state index < -0.39 is 0 Å². The van der Waals surface area contributed by atoms with E-state index in [2.05, 4.69) is 15.6 Å². The average molecular weight is 170 g/mol. The summed E-state index contributed by atoms with van der Waals surface area (Å²) in [5, 5.41) is 19.1. The zero-order valence-corrected chi connectivity index (χ0v) is 6.98. The lowest BCUT2D eigenvalue weighted by atomic mass is 10.4. The van der Waals surface area contributed by atoms with Gasteiger partial charge in [0.15, 0.2) is 0 Å². The molecule has 1 heterocycles. The number of hydrogen-bond acceptors (Lipinski definition) is 4. The molecule has 5 nitrogen and oxygen atoms in total. The minimum absolute atomic E-state index is 0.198. The molecule has 0 aromatic carbocycles. The Kier molecular flexibility index (Phi) is 4.33. The van der Waals surface area contributed by atoms with E-state index in [1.807, 2.05) is 6.20 Å². The SMILES string of the molecule is OCCNCCCn1ccnn1. The van der Waals surface area contributed by atoms with E-state index in [9.17, 15) is 0 Å². The summed E-state index contributed by atoms with van der Waals surface area (Å²) in [5.74, 6) is 0. The molecule has 0 spiro atoms. The Morgan fingerprint density at radius 3 is 3.00 bits per heavy atom. The van der Waals surface area contributed by atoms with Gasteiger partial charge in [-0.05, 0) is 13.0 Å². The largest absolute Gasteiger partial charge is 0.395 e. The summed E-state index contributed by atoms with van der Waals surface area (Å²) in [7, 11) is 0. The normalized spacial score (nSPS) is 10.4. The van der Waals surface area contributed by atoms with Crippen molar-refractivity contribution < 1.29 is 5.11 Å². The van der Waals surface area contributed by atoms with Gasteiger partial charge in [0, 0.05) is 19.3 Å². The summed E-state index contributed by atoms with van der Waals surface area (Å²) < 4.78 is 1.79. The fourth-order valence-corrected chi connectivity index (χ4v) is 0.922. The van der Waals surface area contributed by atoms with Crippen molar-refractivity contribution in [3.8, 4) is 0 Å². The van der Waals surface area contributed by atoms with E-state index in [-0.39, 0.29) is 6.61 Å². The smallest absolute Gasteiger partial charge is 0.0692 e. The minimum Gasteiger partial charge on any atom is -0.395 e. The zero-order valence-electron chi connectivity index (χ0n) is 6.98. The molecular formula is C7H14N4O. The number of nitrogens with zero attached hydrogens (tertiary/aromatic N) is 3. The van der Waals surface area contributed by atoms with Crippen molar-refractivity contribution in [1.82, 2.24) is 20.3 Å². The number of hydrogen-bond donors (Lipinski definition) is 2. The van der Waals surface area contributed by atoms with Gasteiger partial charge in [-0.1, -0.05) is 5.21 Å². The molecule has 0 atom stereocenters. The van der Waals surface area contributed by atoms with Crippen molar-refractivity contribution in [3.63, 3.8) is 0 Å². The van der Waals surface area contributed by atoms with Gasteiger partial charge in [-0.2, -0.15) is 0 Å². The summed E-state index contributed by atoms with van der Waals surface area (Å²) in [5.41, 5.74) is 0. The standard InChI is InChI=1S/C7H14N4O/c12-7-4-8-2-1-5-11-6-3-9-10-11/h3,6,8,12H,1-2,4-5,7H2. The Labute approximate surface area is 71.4 Å². The van der Waals surface area contributed by atoms with Crippen LogP contribution >= 0.6 is 0 Å². The minimum atomic E-state index is 0.198. The number of aliphatic hydroxyl groups excluding tert-OH is 1. The van der Waals surface area contributed by atoms with E-state index in [0.29, 0.717) is 6.54 Å². The Morgan fingerprint density at radius 2 is 2.33 bits per heavy atom. The zero-order chi connectivity index (χ0) is 8.65. The van der Waals surface area contributed by atoms with Crippen LogP contribution in [0.1, 0.15) is 6.42 Å². The first-order chi connectivity index (χ1) is 5.93. The third-order valence-electron chi connectivity index (χ3n) is 1.50. The summed E-state index contributed by atoms with van der Waals surface area (Å²) in [4.78, 5) is 0. The van der Waals surface area contributed by atoms with Crippen LogP contribution in [0.3, 0.4) is 0 Å². The third kappa shape index (κ3) is 3.45. The van der Waals surface area contributed by atoms with Crippen molar-refractivity contribution in [2.45, 2.75) is 13.0 Å². The van der Waals surface area contributed by atoms with E-state index >= 15 is 0 Å². The molecule has 0 bridgehead atoms. The van der Waals surface area contributed by atoms with Gasteiger partial charge in [-0.15, -0.1) is 5.10 Å². The predicted molar refractivity (Wildman–Crippen MR) is 44.6 cm³/mol. The lowest BCUT2D eigenvalue weighted by Gasteiger charge is -2.01. The fraction of sp³-hybridized carbons (Fsp3) is 0.714. The van der Waals surface area contributed by atoms with E-state index in [0.717, 1.165) is 19.5 Å². The van der Waals surface area contributed by atoms with Crippen LogP contribution in [0, 0.1) is 0 Å². The lowest BCUT2D eigenvalue weighted by molar-refractivity contribution is 0.291. The Morgan fingerprint density at radius 1 is 1.42 bits per heavy atom. The maximum atomic E-state index is 8.46. The van der Waals surface area contributed by atoms with Crippen molar-refractivity contribution in [1.29, 1.82) is 0 Å². The van der Waals surface area contributed by atoms with Crippen molar-refractivity contribution >= 4 is 0 Å². The Hall–Kier alpha value is -0.940. The van der Waals surface area contributed by atoms with Gasteiger partial charge in [-0.25, -0.2) is 0 Å². The highest BCUT2D eigenvalue weighted by Gasteiger charge is 1.90. The molecule has 5 heteroatoms. The lowest BCUT2D eigenvalue weighted by Crippen LogP contribution is -2.20. The van der Waals surface area contributed by atoms with Crippen LogP contribution in [0.15, 0.2) is 12.4 Å². The average Bonchev–Trinajstić information content (AvgIpc) is 2.57. The second kappa shape index (κ2) is 5.68. The first kappa shape index (κ1) is 9.15. The third-order valence-corrected chi connectivity index (χ3v) is 1.50. The van der Waals surface area contributed by atoms with Gasteiger partial charge < -0.3 is 10.4 Å². The van der Waals surface area contributed by atoms with Crippen LogP contribution in [-0.4, -0.2) is 39.8 Å². The summed E-state index contributed by atoms with van der Waals surface area (Å²) in [6, 6.07) is 0. The molecule has 2 N–H and O–H groups in total. The van der Waals surface area contributed by atoms with Crippen molar-refractivity contribution in [3.05, 3.63) is 12.4 Å². The molecule has 0 aliphatic carbocycles. The van der Waals surface area contributed by atoms with Crippen LogP contribution in [-0.2, 0) is 6.54 Å². The maximum Gasteiger partial charge on any atom is 0.0692 e. The van der Waals surface area contributed by atoms with Crippen LogP contribution in [0.5, 0.6) is 0 Å². The molecule has 1 aromatic heterocycles. The quantitative estimate of drug-likeness (QED) is 0.551. The van der Waals surface area contributed by atoms with E-state index in [1.54, 1.807) is 10.9 Å². The number of nitrogens with one attached hydrogen (secondary N) is 1. The van der Waals surface area contributed by atoms with Crippen LogP contribution < -0.4 is 5.32 Å². The fourth-order valence-electron chi connectivity index (χ4n) is 0.922. The predicted octanol–water partition coefficient (Wildman–Crippen LogP) is -0.750. The highest BCUT2D eigenvalue weighted by Crippen LogP contribution is 1.84. The van der Waals surface area contributed by atoms with Gasteiger partial charge in [0.05, 0.1) is 12.8 Å². The Bertz CT molecular complexity index is 187. The van der Waals surface area contributed by atoms with Crippen molar-refractivity contribution in [2.75, 3.05) is 19.7 Å². The number of aryl methyl sites for hydroxylation is 1. The maximum absolute atomic E-state index is 8.46. The molecule has 1 aromatic rings. The second-order valence-electron chi connectivity index (χ2n) is 2.49. The van der Waals surface area contributed by atoms with Gasteiger partial charge in [0.25, 0.3) is 0 Å². The van der Waals surface area contributed by atoms with E-state index in [4.69, 9.17) is 5.11 Å². The first-order valence-corrected chi connectivity index (χ1v) is 4.09. The number of rotatable bonds is 6. The molecular weight excluding hydrogens is 156 g/mol. The number of aliphatic hydroxyl groups is 1. The highest BCUT2D eigenvalue weighted by atomic mass is 16.3. The summed E-state index contributed by atoms with van der Waals surface area (Å²) in [6.07, 6.45) is 4.51. The molecule has 12 heavy (non-hydrogen) atoms. The van der Waals surface area contributed by atoms with Crippen molar-refractivity contribution in [2.24, 2.45) is 0 Å². The molecule has 0 fully saturated rings. The summed E-state index contributed by atoms with van der Waals surface area (Å²) >= 11 is 0. The molecule has 68 valence electrons. The monoisotopic (exact) mass is 170 g/mol. The molecule has 0 saturated carbocycles. The molecule has 0 unspecified atom stereocenters. The van der Waals surface area contributed by atoms with Crippen LogP contribution in [0.25, 0.3) is 0 Å². The van der Waals surface area contributed by atoms with Gasteiger partial charge in [-0.3, -0.25) is 4.68 Å². The van der Waals surface area contributed by atoms with E-state index in [1.165, 1.54) is 0 Å². The topological polar surface area (TPSA) is 63.0 Å². The van der Waals surface area contributed by atoms with Gasteiger partial charge >= 0.3 is 0 Å².